The highest BCUT2D eigenvalue weighted by Crippen LogP contribution is 2.27. The molecule has 0 bridgehead atoms. The fourth-order valence-corrected chi connectivity index (χ4v) is 3.52. The molecule has 0 radical (unpaired) electrons. The Kier molecular flexibility index (Phi) is 8.10. The maximum atomic E-state index is 15.2. The number of rotatable bonds is 10. The number of benzene rings is 1. The summed E-state index contributed by atoms with van der Waals surface area (Å²) in [6.07, 6.45) is -4.12. The lowest BCUT2D eigenvalue weighted by Gasteiger charge is -2.27. The standard InChI is InChI=1S/C21H24F4N4O5/c1-27(13-21(23,24)25)29-17(14-4-6-15(7-5-14)34-12-11-33-10-9-30)18(22)26-19(20(29)32)28-8-2-3-16(28)31/h4-7,30H,2-3,8-13H2,1H3. The number of aliphatic hydroxyl groups excluding tert-OH is 1. The number of aliphatic hydroxyl groups is 1. The molecule has 1 amide bonds. The number of alkyl halides is 3. The highest BCUT2D eigenvalue weighted by molar-refractivity contribution is 5.94. The number of hydrogen-bond donors (Lipinski definition) is 1. The average Bonchev–Trinajstić information content (AvgIpc) is 3.19. The third-order valence-electron chi connectivity index (χ3n) is 4.93. The Morgan fingerprint density at radius 2 is 1.85 bits per heavy atom. The first-order valence-corrected chi connectivity index (χ1v) is 10.5. The van der Waals surface area contributed by atoms with Crippen LogP contribution in [0.15, 0.2) is 29.1 Å². The van der Waals surface area contributed by atoms with Crippen LogP contribution in [-0.2, 0) is 9.53 Å². The Hall–Kier alpha value is -3.19. The molecule has 1 aliphatic heterocycles. The minimum Gasteiger partial charge on any atom is -0.491 e. The predicted molar refractivity (Wildman–Crippen MR) is 114 cm³/mol. The molecule has 1 saturated heterocycles. The Balaban J connectivity index is 1.98. The molecule has 2 aromatic rings. The summed E-state index contributed by atoms with van der Waals surface area (Å²) < 4.78 is 65.6. The van der Waals surface area contributed by atoms with E-state index in [1.807, 2.05) is 0 Å². The molecular formula is C21H24F4N4O5. The SMILES string of the molecule is CN(CC(F)(F)F)n1c(-c2ccc(OCCOCCO)cc2)c(F)nc(N2CCCC2=O)c1=O. The molecule has 34 heavy (non-hydrogen) atoms. The summed E-state index contributed by atoms with van der Waals surface area (Å²) in [4.78, 5) is 29.9. The lowest BCUT2D eigenvalue weighted by Crippen LogP contribution is -2.48. The number of aromatic nitrogens is 2. The van der Waals surface area contributed by atoms with Gasteiger partial charge in [-0.15, -0.1) is 0 Å². The predicted octanol–water partition coefficient (Wildman–Crippen LogP) is 1.69. The van der Waals surface area contributed by atoms with Crippen LogP contribution >= 0.6 is 0 Å². The summed E-state index contributed by atoms with van der Waals surface area (Å²) >= 11 is 0. The molecule has 2 heterocycles. The topological polar surface area (TPSA) is 97.1 Å². The highest BCUT2D eigenvalue weighted by atomic mass is 19.4. The second kappa shape index (κ2) is 10.8. The van der Waals surface area contributed by atoms with Crippen LogP contribution < -0.4 is 20.2 Å². The maximum absolute atomic E-state index is 15.2. The molecule has 3 rings (SSSR count). The van der Waals surface area contributed by atoms with Crippen LogP contribution in [0.1, 0.15) is 12.8 Å². The van der Waals surface area contributed by atoms with Gasteiger partial charge in [-0.3, -0.25) is 14.5 Å². The van der Waals surface area contributed by atoms with E-state index >= 15 is 4.39 Å². The lowest BCUT2D eigenvalue weighted by molar-refractivity contribution is -0.122. The van der Waals surface area contributed by atoms with Gasteiger partial charge in [0.05, 0.1) is 19.8 Å². The first-order valence-electron chi connectivity index (χ1n) is 10.5. The molecule has 13 heteroatoms. The van der Waals surface area contributed by atoms with Crippen molar-refractivity contribution in [3.63, 3.8) is 0 Å². The Morgan fingerprint density at radius 1 is 1.15 bits per heavy atom. The second-order valence-electron chi connectivity index (χ2n) is 7.48. The Labute approximate surface area is 192 Å². The Morgan fingerprint density at radius 3 is 2.44 bits per heavy atom. The fraction of sp³-hybridized carbons (Fsp3) is 0.476. The zero-order valence-electron chi connectivity index (χ0n) is 18.3. The molecule has 0 atom stereocenters. The van der Waals surface area contributed by atoms with Crippen molar-refractivity contribution in [3.8, 4) is 17.0 Å². The van der Waals surface area contributed by atoms with Gasteiger partial charge in [0.25, 0.3) is 0 Å². The summed E-state index contributed by atoms with van der Waals surface area (Å²) in [7, 11) is 0.997. The van der Waals surface area contributed by atoms with E-state index in [1.165, 1.54) is 24.3 Å². The van der Waals surface area contributed by atoms with Gasteiger partial charge in [0.15, 0.2) is 0 Å². The largest absolute Gasteiger partial charge is 0.491 e. The van der Waals surface area contributed by atoms with Crippen molar-refractivity contribution in [1.82, 2.24) is 9.66 Å². The van der Waals surface area contributed by atoms with Crippen LogP contribution in [0.2, 0.25) is 0 Å². The number of ether oxygens (including phenoxy) is 2. The summed E-state index contributed by atoms with van der Waals surface area (Å²) in [5.41, 5.74) is -1.44. The van der Waals surface area contributed by atoms with Crippen LogP contribution in [0.4, 0.5) is 23.4 Å². The van der Waals surface area contributed by atoms with Crippen LogP contribution in [0, 0.1) is 5.95 Å². The summed E-state index contributed by atoms with van der Waals surface area (Å²) in [5, 5.41) is 9.20. The molecule has 1 N–H and O–H groups in total. The van der Waals surface area contributed by atoms with Gasteiger partial charge in [-0.25, -0.2) is 4.68 Å². The lowest BCUT2D eigenvalue weighted by atomic mass is 10.1. The molecule has 0 spiro atoms. The highest BCUT2D eigenvalue weighted by Gasteiger charge is 2.34. The molecule has 1 aliphatic rings. The first kappa shape index (κ1) is 25.4. The molecular weight excluding hydrogens is 464 g/mol. The van der Waals surface area contributed by atoms with Crippen molar-refractivity contribution in [1.29, 1.82) is 0 Å². The number of carbonyl (C=O) groups is 1. The van der Waals surface area contributed by atoms with Crippen LogP contribution in [-0.4, -0.2) is 73.4 Å². The molecule has 186 valence electrons. The minimum absolute atomic E-state index is 0.0827. The molecule has 0 saturated carbocycles. The molecule has 1 fully saturated rings. The van der Waals surface area contributed by atoms with E-state index in [2.05, 4.69) is 4.98 Å². The second-order valence-corrected chi connectivity index (χ2v) is 7.48. The zero-order chi connectivity index (χ0) is 24.9. The summed E-state index contributed by atoms with van der Waals surface area (Å²) in [6, 6.07) is 5.67. The van der Waals surface area contributed by atoms with E-state index in [0.717, 1.165) is 11.9 Å². The van der Waals surface area contributed by atoms with Gasteiger partial charge in [0, 0.05) is 25.6 Å². The normalized spacial score (nSPS) is 14.1. The smallest absolute Gasteiger partial charge is 0.407 e. The van der Waals surface area contributed by atoms with Gasteiger partial charge >= 0.3 is 11.7 Å². The van der Waals surface area contributed by atoms with Gasteiger partial charge in [-0.2, -0.15) is 22.5 Å². The zero-order valence-corrected chi connectivity index (χ0v) is 18.3. The van der Waals surface area contributed by atoms with E-state index in [-0.39, 0.29) is 45.0 Å². The third-order valence-corrected chi connectivity index (χ3v) is 4.93. The van der Waals surface area contributed by atoms with Gasteiger partial charge in [0.2, 0.25) is 17.7 Å². The fourth-order valence-electron chi connectivity index (χ4n) is 3.52. The molecule has 1 aromatic carbocycles. The molecule has 1 aromatic heterocycles. The molecule has 0 aliphatic carbocycles. The number of nitrogens with zero attached hydrogens (tertiary/aromatic N) is 4. The van der Waals surface area contributed by atoms with Crippen LogP contribution in [0.3, 0.4) is 0 Å². The Bertz CT molecular complexity index is 1060. The monoisotopic (exact) mass is 488 g/mol. The number of carbonyl (C=O) groups excluding carboxylic acids is 1. The number of halogens is 4. The summed E-state index contributed by atoms with van der Waals surface area (Å²) in [6.45, 7) is -0.977. The van der Waals surface area contributed by atoms with E-state index < -0.39 is 41.6 Å². The third kappa shape index (κ3) is 6.03. The molecule has 9 nitrogen and oxygen atoms in total. The maximum Gasteiger partial charge on any atom is 0.407 e. The number of amides is 1. The van der Waals surface area contributed by atoms with Gasteiger partial charge in [-0.1, -0.05) is 0 Å². The van der Waals surface area contributed by atoms with Gasteiger partial charge in [-0.05, 0) is 30.7 Å². The van der Waals surface area contributed by atoms with Gasteiger partial charge < -0.3 is 19.6 Å². The van der Waals surface area contributed by atoms with Gasteiger partial charge in [0.1, 0.15) is 24.6 Å². The van der Waals surface area contributed by atoms with Crippen molar-refractivity contribution >= 4 is 11.7 Å². The minimum atomic E-state index is -4.68. The quantitative estimate of drug-likeness (QED) is 0.402. The van der Waals surface area contributed by atoms with Crippen molar-refractivity contribution in [2.45, 2.75) is 19.0 Å². The van der Waals surface area contributed by atoms with Crippen LogP contribution in [0.5, 0.6) is 5.75 Å². The summed E-state index contributed by atoms with van der Waals surface area (Å²) in [5.74, 6) is -1.83. The van der Waals surface area contributed by atoms with Crippen LogP contribution in [0.25, 0.3) is 11.3 Å². The van der Waals surface area contributed by atoms with Crippen molar-refractivity contribution in [2.24, 2.45) is 0 Å². The molecule has 0 unspecified atom stereocenters. The van der Waals surface area contributed by atoms with Crippen molar-refractivity contribution < 1.29 is 36.9 Å². The van der Waals surface area contributed by atoms with E-state index in [0.29, 0.717) is 21.9 Å². The van der Waals surface area contributed by atoms with E-state index in [9.17, 15) is 22.8 Å². The first-order chi connectivity index (χ1) is 16.1. The van der Waals surface area contributed by atoms with E-state index in [4.69, 9.17) is 14.6 Å². The number of anilines is 1. The van der Waals surface area contributed by atoms with Crippen molar-refractivity contribution in [3.05, 3.63) is 40.6 Å². The van der Waals surface area contributed by atoms with Crippen molar-refractivity contribution in [2.75, 3.05) is 56.5 Å². The number of hydrogen-bond acceptors (Lipinski definition) is 7. The van der Waals surface area contributed by atoms with E-state index in [1.54, 1.807) is 0 Å². The average molecular weight is 488 g/mol.